The Labute approximate surface area is 179 Å². The maximum Gasteiger partial charge on any atom is 0.230 e. The van der Waals surface area contributed by atoms with Crippen LogP contribution in [0.3, 0.4) is 0 Å². The zero-order chi connectivity index (χ0) is 21.1. The Morgan fingerprint density at radius 2 is 1.80 bits per heavy atom. The van der Waals surface area contributed by atoms with Gasteiger partial charge in [0.1, 0.15) is 11.4 Å². The molecule has 0 saturated heterocycles. The second-order valence-corrected chi connectivity index (χ2v) is 8.28. The van der Waals surface area contributed by atoms with E-state index in [1.54, 1.807) is 6.20 Å². The number of carbonyl (C=O) groups is 1. The fraction of sp³-hybridized carbons (Fsp3) is 0.217. The van der Waals surface area contributed by atoms with Crippen LogP contribution < -0.4 is 5.32 Å². The van der Waals surface area contributed by atoms with Crippen LogP contribution in [0.4, 0.5) is 0 Å². The van der Waals surface area contributed by atoms with E-state index in [-0.39, 0.29) is 11.7 Å². The summed E-state index contributed by atoms with van der Waals surface area (Å²) in [6.07, 6.45) is 3.29. The molecule has 4 aromatic rings. The zero-order valence-corrected chi connectivity index (χ0v) is 18.0. The molecular weight excluding hydrogens is 394 g/mol. The molecule has 7 heteroatoms. The molecule has 0 unspecified atom stereocenters. The van der Waals surface area contributed by atoms with E-state index in [4.69, 9.17) is 0 Å². The Balaban J connectivity index is 1.46. The molecule has 1 amide bonds. The maximum absolute atomic E-state index is 12.3. The first-order chi connectivity index (χ1) is 14.5. The van der Waals surface area contributed by atoms with E-state index >= 15 is 0 Å². The van der Waals surface area contributed by atoms with Gasteiger partial charge in [0, 0.05) is 6.54 Å². The van der Waals surface area contributed by atoms with Crippen LogP contribution in [0.2, 0.25) is 0 Å². The monoisotopic (exact) mass is 417 g/mol. The van der Waals surface area contributed by atoms with Crippen LogP contribution in [0, 0.1) is 20.8 Å². The smallest absolute Gasteiger partial charge is 0.230 e. The Morgan fingerprint density at radius 1 is 1.03 bits per heavy atom. The standard InChI is InChI=1S/C23H23N5OS/c1-15-4-7-18(8-5-15)11-24-21(29)13-30-23-19-12-27-28(22(19)25-14-26-23)20-9-6-16(2)10-17(20)3/h4-10,12,14H,11,13H2,1-3H3,(H,24,29). The second-order valence-electron chi connectivity index (χ2n) is 7.31. The van der Waals surface area contributed by atoms with Crippen LogP contribution in [0.1, 0.15) is 22.3 Å². The Kier molecular flexibility index (Phi) is 5.81. The zero-order valence-electron chi connectivity index (χ0n) is 17.2. The lowest BCUT2D eigenvalue weighted by molar-refractivity contribution is -0.118. The summed E-state index contributed by atoms with van der Waals surface area (Å²) in [6, 6.07) is 14.4. The summed E-state index contributed by atoms with van der Waals surface area (Å²) < 4.78 is 1.83. The molecule has 2 heterocycles. The number of fused-ring (bicyclic) bond motifs is 1. The highest BCUT2D eigenvalue weighted by molar-refractivity contribution is 8.00. The van der Waals surface area contributed by atoms with Gasteiger partial charge < -0.3 is 5.32 Å². The van der Waals surface area contributed by atoms with Crippen LogP contribution in [0.15, 0.2) is 60.0 Å². The number of benzene rings is 2. The molecule has 2 aromatic carbocycles. The Hall–Kier alpha value is -3.19. The SMILES string of the molecule is Cc1ccc(CNC(=O)CSc2ncnc3c2cnn3-c2ccc(C)cc2C)cc1. The number of nitrogens with one attached hydrogen (secondary N) is 1. The van der Waals surface area contributed by atoms with Crippen LogP contribution >= 0.6 is 11.8 Å². The predicted octanol–water partition coefficient (Wildman–Crippen LogP) is 4.15. The van der Waals surface area contributed by atoms with Gasteiger partial charge in [-0.1, -0.05) is 59.3 Å². The number of amides is 1. The molecule has 0 aliphatic rings. The van der Waals surface area contributed by atoms with E-state index in [0.717, 1.165) is 32.9 Å². The summed E-state index contributed by atoms with van der Waals surface area (Å²) in [5.41, 5.74) is 6.34. The van der Waals surface area contributed by atoms with E-state index in [9.17, 15) is 4.79 Å². The van der Waals surface area contributed by atoms with Crippen LogP contribution in [-0.2, 0) is 11.3 Å². The van der Waals surface area contributed by atoms with E-state index in [1.165, 1.54) is 29.2 Å². The van der Waals surface area contributed by atoms with Crippen molar-refractivity contribution < 1.29 is 4.79 Å². The number of nitrogens with zero attached hydrogens (tertiary/aromatic N) is 4. The fourth-order valence-electron chi connectivity index (χ4n) is 3.25. The summed E-state index contributed by atoms with van der Waals surface area (Å²) in [7, 11) is 0. The molecule has 30 heavy (non-hydrogen) atoms. The van der Waals surface area contributed by atoms with Crippen molar-refractivity contribution in [1.29, 1.82) is 0 Å². The van der Waals surface area contributed by atoms with Crippen LogP contribution in [-0.4, -0.2) is 31.4 Å². The average Bonchev–Trinajstić information content (AvgIpc) is 3.16. The van der Waals surface area contributed by atoms with Crippen molar-refractivity contribution in [2.75, 3.05) is 5.75 Å². The normalized spacial score (nSPS) is 11.0. The molecule has 6 nitrogen and oxygen atoms in total. The molecular formula is C23H23N5OS. The molecule has 0 fully saturated rings. The van der Waals surface area contributed by atoms with E-state index < -0.39 is 0 Å². The topological polar surface area (TPSA) is 72.7 Å². The molecule has 0 spiro atoms. The third kappa shape index (κ3) is 4.36. The van der Waals surface area contributed by atoms with Crippen molar-refractivity contribution in [1.82, 2.24) is 25.1 Å². The molecule has 2 aromatic heterocycles. The first-order valence-corrected chi connectivity index (χ1v) is 10.7. The lowest BCUT2D eigenvalue weighted by atomic mass is 10.1. The molecule has 1 N–H and O–H groups in total. The minimum atomic E-state index is -0.0332. The highest BCUT2D eigenvalue weighted by Crippen LogP contribution is 2.26. The highest BCUT2D eigenvalue weighted by Gasteiger charge is 2.14. The van der Waals surface area contributed by atoms with Crippen LogP contribution in [0.5, 0.6) is 0 Å². The molecule has 0 saturated carbocycles. The van der Waals surface area contributed by atoms with Gasteiger partial charge >= 0.3 is 0 Å². The molecule has 0 radical (unpaired) electrons. The summed E-state index contributed by atoms with van der Waals surface area (Å²) >= 11 is 1.39. The Morgan fingerprint density at radius 3 is 2.57 bits per heavy atom. The first kappa shape index (κ1) is 20.1. The molecule has 152 valence electrons. The van der Waals surface area contributed by atoms with E-state index in [2.05, 4.69) is 46.4 Å². The number of thioether (sulfide) groups is 1. The van der Waals surface area contributed by atoms with Gasteiger partial charge in [0.15, 0.2) is 5.65 Å². The third-order valence-corrected chi connectivity index (χ3v) is 5.87. The lowest BCUT2D eigenvalue weighted by Crippen LogP contribution is -2.24. The van der Waals surface area contributed by atoms with Gasteiger partial charge in [-0.2, -0.15) is 5.10 Å². The van der Waals surface area contributed by atoms with E-state index in [0.29, 0.717) is 6.54 Å². The van der Waals surface area contributed by atoms with Crippen molar-refractivity contribution >= 4 is 28.7 Å². The number of hydrogen-bond donors (Lipinski definition) is 1. The van der Waals surface area contributed by atoms with Crippen molar-refractivity contribution in [2.24, 2.45) is 0 Å². The van der Waals surface area contributed by atoms with Crippen molar-refractivity contribution in [2.45, 2.75) is 32.3 Å². The van der Waals surface area contributed by atoms with Gasteiger partial charge in [-0.15, -0.1) is 0 Å². The predicted molar refractivity (Wildman–Crippen MR) is 120 cm³/mol. The number of aromatic nitrogens is 4. The van der Waals surface area contributed by atoms with Gasteiger partial charge in [0.05, 0.1) is 23.0 Å². The molecule has 0 atom stereocenters. The number of aryl methyl sites for hydroxylation is 3. The maximum atomic E-state index is 12.3. The summed E-state index contributed by atoms with van der Waals surface area (Å²) in [5.74, 6) is 0.251. The van der Waals surface area contributed by atoms with Gasteiger partial charge in [-0.3, -0.25) is 4.79 Å². The summed E-state index contributed by atoms with van der Waals surface area (Å²) in [5, 5.41) is 9.08. The van der Waals surface area contributed by atoms with Gasteiger partial charge in [-0.05, 0) is 38.0 Å². The summed E-state index contributed by atoms with van der Waals surface area (Å²) in [6.45, 7) is 6.69. The van der Waals surface area contributed by atoms with E-state index in [1.807, 2.05) is 41.9 Å². The fourth-order valence-corrected chi connectivity index (χ4v) is 4.04. The third-order valence-electron chi connectivity index (χ3n) is 4.86. The van der Waals surface area contributed by atoms with Gasteiger partial charge in [0.25, 0.3) is 0 Å². The Bertz CT molecular complexity index is 1200. The minimum Gasteiger partial charge on any atom is -0.351 e. The first-order valence-electron chi connectivity index (χ1n) is 9.72. The average molecular weight is 418 g/mol. The molecule has 0 bridgehead atoms. The molecule has 0 aliphatic heterocycles. The van der Waals surface area contributed by atoms with Crippen LogP contribution in [0.25, 0.3) is 16.7 Å². The van der Waals surface area contributed by atoms with Crippen molar-refractivity contribution in [3.8, 4) is 5.69 Å². The second kappa shape index (κ2) is 8.67. The molecule has 0 aliphatic carbocycles. The minimum absolute atomic E-state index is 0.0332. The number of rotatable bonds is 6. The largest absolute Gasteiger partial charge is 0.351 e. The number of carbonyl (C=O) groups excluding carboxylic acids is 1. The molecule has 4 rings (SSSR count). The van der Waals surface area contributed by atoms with Gasteiger partial charge in [0.2, 0.25) is 5.91 Å². The van der Waals surface area contributed by atoms with Crippen molar-refractivity contribution in [3.63, 3.8) is 0 Å². The quantitative estimate of drug-likeness (QED) is 0.377. The number of hydrogen-bond acceptors (Lipinski definition) is 5. The summed E-state index contributed by atoms with van der Waals surface area (Å²) in [4.78, 5) is 21.1. The lowest BCUT2D eigenvalue weighted by Gasteiger charge is -2.08. The van der Waals surface area contributed by atoms with Gasteiger partial charge in [-0.25, -0.2) is 14.6 Å². The van der Waals surface area contributed by atoms with Crippen molar-refractivity contribution in [3.05, 3.63) is 77.2 Å². The highest BCUT2D eigenvalue weighted by atomic mass is 32.2.